The highest BCUT2D eigenvalue weighted by Crippen LogP contribution is 2.38. The first-order chi connectivity index (χ1) is 13.8. The van der Waals surface area contributed by atoms with E-state index in [1.54, 1.807) is 0 Å². The van der Waals surface area contributed by atoms with Crippen LogP contribution in [0.5, 0.6) is 0 Å². The Morgan fingerprint density at radius 2 is 1.86 bits per heavy atom. The molecule has 0 spiro atoms. The molecule has 0 unspecified atom stereocenters. The Morgan fingerprint density at radius 1 is 1.21 bits per heavy atom. The maximum atomic E-state index is 14.1. The van der Waals surface area contributed by atoms with Gasteiger partial charge >= 0.3 is 5.69 Å². The number of halogens is 2. The lowest BCUT2D eigenvalue weighted by molar-refractivity contribution is 0.628. The summed E-state index contributed by atoms with van der Waals surface area (Å²) >= 11 is 3.40. The van der Waals surface area contributed by atoms with E-state index in [2.05, 4.69) is 27.0 Å². The van der Waals surface area contributed by atoms with Crippen LogP contribution < -0.4 is 16.1 Å². The predicted molar refractivity (Wildman–Crippen MR) is 114 cm³/mol. The van der Waals surface area contributed by atoms with E-state index in [-0.39, 0.29) is 22.2 Å². The van der Waals surface area contributed by atoms with E-state index >= 15 is 0 Å². The normalized spacial score (nSPS) is 10.9. The van der Waals surface area contributed by atoms with Crippen LogP contribution in [0, 0.1) is 17.1 Å². The van der Waals surface area contributed by atoms with E-state index in [1.165, 1.54) is 36.9 Å². The number of anilines is 1. The fraction of sp³-hybridized carbons (Fsp3) is 0.300. The number of fused-ring (bicyclic) bond motifs is 1. The third kappa shape index (κ3) is 3.23. The van der Waals surface area contributed by atoms with Gasteiger partial charge in [0.15, 0.2) is 5.65 Å². The summed E-state index contributed by atoms with van der Waals surface area (Å²) in [6.45, 7) is 4.95. The van der Waals surface area contributed by atoms with E-state index < -0.39 is 17.1 Å². The highest BCUT2D eigenvalue weighted by Gasteiger charge is 2.25. The number of aryl methyl sites for hydroxylation is 1. The number of nitriles is 1. The summed E-state index contributed by atoms with van der Waals surface area (Å²) in [4.78, 5) is 31.9. The molecule has 0 saturated carbocycles. The van der Waals surface area contributed by atoms with Crippen LogP contribution in [-0.4, -0.2) is 27.2 Å². The molecule has 0 atom stereocenters. The minimum Gasteiger partial charge on any atom is -0.356 e. The van der Waals surface area contributed by atoms with Crippen LogP contribution in [0.3, 0.4) is 0 Å². The topological polar surface area (TPSA) is 83.9 Å². The average molecular weight is 460 g/mol. The number of rotatable bonds is 4. The third-order valence-corrected chi connectivity index (χ3v) is 5.63. The van der Waals surface area contributed by atoms with Crippen LogP contribution in [0.4, 0.5) is 10.2 Å². The molecule has 0 radical (unpaired) electrons. The van der Waals surface area contributed by atoms with Gasteiger partial charge in [0.25, 0.3) is 5.56 Å². The Bertz CT molecular complexity index is 1290. The fourth-order valence-electron chi connectivity index (χ4n) is 3.39. The Labute approximate surface area is 174 Å². The van der Waals surface area contributed by atoms with E-state index in [0.29, 0.717) is 28.9 Å². The van der Waals surface area contributed by atoms with Gasteiger partial charge < -0.3 is 4.90 Å². The van der Waals surface area contributed by atoms with Crippen LogP contribution >= 0.6 is 15.9 Å². The smallest absolute Gasteiger partial charge is 0.332 e. The molecule has 1 aromatic carbocycles. The lowest BCUT2D eigenvalue weighted by Crippen LogP contribution is -2.38. The largest absolute Gasteiger partial charge is 0.356 e. The van der Waals surface area contributed by atoms with E-state index in [9.17, 15) is 19.2 Å². The zero-order valence-corrected chi connectivity index (χ0v) is 18.0. The van der Waals surface area contributed by atoms with Crippen LogP contribution in [-0.2, 0) is 14.1 Å². The van der Waals surface area contributed by atoms with Gasteiger partial charge in [-0.25, -0.2) is 14.2 Å². The van der Waals surface area contributed by atoms with Crippen LogP contribution in [0.1, 0.15) is 19.4 Å². The highest BCUT2D eigenvalue weighted by atomic mass is 79.9. The minimum absolute atomic E-state index is 0.0911. The van der Waals surface area contributed by atoms with Gasteiger partial charge in [0.05, 0.1) is 5.39 Å². The van der Waals surface area contributed by atoms with Crippen LogP contribution in [0.2, 0.25) is 0 Å². The Kier molecular flexibility index (Phi) is 5.57. The second-order valence-corrected chi connectivity index (χ2v) is 7.35. The van der Waals surface area contributed by atoms with E-state index in [4.69, 9.17) is 0 Å². The molecule has 0 bridgehead atoms. The van der Waals surface area contributed by atoms with Crippen LogP contribution in [0.25, 0.3) is 22.2 Å². The third-order valence-electron chi connectivity index (χ3n) is 4.94. The molecule has 0 aliphatic carbocycles. The SMILES string of the molecule is CCN(CC)c1nc2c(c(-c3cc(F)ccc3Br)c1C#N)c(=O)n(C)c(=O)n2C. The summed E-state index contributed by atoms with van der Waals surface area (Å²) in [7, 11) is 2.87. The van der Waals surface area contributed by atoms with Gasteiger partial charge in [-0.2, -0.15) is 5.26 Å². The fourth-order valence-corrected chi connectivity index (χ4v) is 3.84. The Morgan fingerprint density at radius 3 is 2.45 bits per heavy atom. The van der Waals surface area contributed by atoms with Crippen molar-refractivity contribution in [3.05, 3.63) is 54.9 Å². The summed E-state index contributed by atoms with van der Waals surface area (Å²) in [5.74, 6) is -0.164. The number of pyridine rings is 1. The lowest BCUT2D eigenvalue weighted by atomic mass is 9.97. The molecule has 0 aliphatic heterocycles. The molecule has 3 aromatic rings. The number of aromatic nitrogens is 3. The Balaban J connectivity index is 2.70. The molecule has 0 saturated heterocycles. The van der Waals surface area contributed by atoms with Crippen LogP contribution in [0.15, 0.2) is 32.3 Å². The molecular formula is C20H19BrFN5O2. The van der Waals surface area contributed by atoms with Gasteiger partial charge in [0, 0.05) is 42.8 Å². The molecule has 3 rings (SSSR count). The molecule has 0 aliphatic rings. The van der Waals surface area contributed by atoms with Gasteiger partial charge in [-0.1, -0.05) is 15.9 Å². The van der Waals surface area contributed by atoms with E-state index in [1.807, 2.05) is 18.7 Å². The monoisotopic (exact) mass is 459 g/mol. The number of hydrogen-bond donors (Lipinski definition) is 0. The molecule has 150 valence electrons. The van der Waals surface area contributed by atoms with Gasteiger partial charge in [-0.05, 0) is 32.0 Å². The first kappa shape index (κ1) is 20.7. The zero-order chi connectivity index (χ0) is 21.5. The van der Waals surface area contributed by atoms with Gasteiger partial charge in [0.1, 0.15) is 23.3 Å². The molecular weight excluding hydrogens is 441 g/mol. The molecule has 0 fully saturated rings. The van der Waals surface area contributed by atoms with Gasteiger partial charge in [-0.15, -0.1) is 0 Å². The predicted octanol–water partition coefficient (Wildman–Crippen LogP) is 2.92. The quantitative estimate of drug-likeness (QED) is 0.598. The van der Waals surface area contributed by atoms with Crippen molar-refractivity contribution in [1.29, 1.82) is 5.26 Å². The molecule has 2 aromatic heterocycles. The maximum absolute atomic E-state index is 14.1. The molecule has 2 heterocycles. The van der Waals surface area contributed by atoms with Crippen molar-refractivity contribution in [1.82, 2.24) is 14.1 Å². The van der Waals surface area contributed by atoms with Crippen molar-refractivity contribution >= 4 is 32.8 Å². The van der Waals surface area contributed by atoms with Crippen molar-refractivity contribution in [2.24, 2.45) is 14.1 Å². The summed E-state index contributed by atoms with van der Waals surface area (Å²) in [6.07, 6.45) is 0. The second-order valence-electron chi connectivity index (χ2n) is 6.50. The maximum Gasteiger partial charge on any atom is 0.332 e. The van der Waals surface area contributed by atoms with Gasteiger partial charge in [-0.3, -0.25) is 13.9 Å². The van der Waals surface area contributed by atoms with Gasteiger partial charge in [0.2, 0.25) is 0 Å². The number of nitrogens with zero attached hydrogens (tertiary/aromatic N) is 5. The molecule has 0 N–H and O–H groups in total. The van der Waals surface area contributed by atoms with Crippen molar-refractivity contribution in [2.45, 2.75) is 13.8 Å². The average Bonchev–Trinajstić information content (AvgIpc) is 2.72. The van der Waals surface area contributed by atoms with Crippen molar-refractivity contribution in [3.8, 4) is 17.2 Å². The highest BCUT2D eigenvalue weighted by molar-refractivity contribution is 9.10. The number of hydrogen-bond acceptors (Lipinski definition) is 5. The summed E-state index contributed by atoms with van der Waals surface area (Å²) in [5.41, 5.74) is -0.229. The Hall–Kier alpha value is -2.99. The number of benzene rings is 1. The molecule has 9 heteroatoms. The first-order valence-corrected chi connectivity index (χ1v) is 9.80. The second kappa shape index (κ2) is 7.79. The summed E-state index contributed by atoms with van der Waals surface area (Å²) in [6, 6.07) is 6.20. The first-order valence-electron chi connectivity index (χ1n) is 9.00. The lowest BCUT2D eigenvalue weighted by Gasteiger charge is -2.24. The summed E-state index contributed by atoms with van der Waals surface area (Å²) in [5, 5.41) is 10.1. The molecule has 29 heavy (non-hydrogen) atoms. The minimum atomic E-state index is -0.593. The van der Waals surface area contributed by atoms with Crippen molar-refractivity contribution < 1.29 is 4.39 Å². The standard InChI is InChI=1S/C20H19BrFN5O2/c1-5-27(6-2)17-13(10-23)15(12-9-11(22)7-8-14(12)21)16-18(24-17)25(3)20(29)26(4)19(16)28/h7-9H,5-6H2,1-4H3. The molecule has 7 nitrogen and oxygen atoms in total. The van der Waals surface area contributed by atoms with E-state index in [0.717, 1.165) is 4.57 Å². The zero-order valence-electron chi connectivity index (χ0n) is 16.5. The van der Waals surface area contributed by atoms with Crippen molar-refractivity contribution in [3.63, 3.8) is 0 Å². The summed E-state index contributed by atoms with van der Waals surface area (Å²) < 4.78 is 16.9. The van der Waals surface area contributed by atoms with Crippen molar-refractivity contribution in [2.75, 3.05) is 18.0 Å². The molecule has 0 amide bonds.